The van der Waals surface area contributed by atoms with E-state index in [1.807, 2.05) is 36.8 Å². The van der Waals surface area contributed by atoms with Crippen LogP contribution in [0.3, 0.4) is 0 Å². The third-order valence-electron chi connectivity index (χ3n) is 4.63. The predicted molar refractivity (Wildman–Crippen MR) is 96.0 cm³/mol. The Hall–Kier alpha value is -2.73. The van der Waals surface area contributed by atoms with E-state index in [1.54, 1.807) is 18.5 Å². The van der Waals surface area contributed by atoms with Crippen LogP contribution in [-0.4, -0.2) is 32.6 Å². The second-order valence-electron chi connectivity index (χ2n) is 6.66. The number of pyridine rings is 1. The van der Waals surface area contributed by atoms with Crippen molar-refractivity contribution in [3.63, 3.8) is 0 Å². The number of benzene rings is 1. The highest BCUT2D eigenvalue weighted by Crippen LogP contribution is 2.20. The third kappa shape index (κ3) is 3.91. The van der Waals surface area contributed by atoms with Gasteiger partial charge in [-0.05, 0) is 18.2 Å². The Bertz CT molecular complexity index is 852. The van der Waals surface area contributed by atoms with Crippen LogP contribution < -0.4 is 4.74 Å². The lowest BCUT2D eigenvalue weighted by Gasteiger charge is -2.24. The molecule has 3 aromatic rings. The summed E-state index contributed by atoms with van der Waals surface area (Å²) in [5.74, 6) is 0.883. The van der Waals surface area contributed by atoms with E-state index >= 15 is 0 Å². The van der Waals surface area contributed by atoms with E-state index in [1.165, 1.54) is 6.07 Å². The van der Waals surface area contributed by atoms with Crippen molar-refractivity contribution >= 4 is 0 Å². The summed E-state index contributed by atoms with van der Waals surface area (Å²) in [6.07, 6.45) is 7.20. The molecule has 0 amide bonds. The van der Waals surface area contributed by atoms with Gasteiger partial charge in [0, 0.05) is 50.1 Å². The molecule has 2 aromatic heterocycles. The van der Waals surface area contributed by atoms with Crippen molar-refractivity contribution in [3.05, 3.63) is 78.4 Å². The molecule has 134 valence electrons. The highest BCUT2D eigenvalue weighted by Gasteiger charge is 2.23. The monoisotopic (exact) mass is 352 g/mol. The second-order valence-corrected chi connectivity index (χ2v) is 6.66. The maximum Gasteiger partial charge on any atom is 0.137 e. The van der Waals surface area contributed by atoms with Crippen LogP contribution in [0, 0.1) is 11.7 Å². The van der Waals surface area contributed by atoms with Gasteiger partial charge in [0.15, 0.2) is 0 Å². The zero-order chi connectivity index (χ0) is 17.8. The molecule has 1 aromatic carbocycles. The summed E-state index contributed by atoms with van der Waals surface area (Å²) in [6, 6.07) is 10.7. The van der Waals surface area contributed by atoms with Crippen LogP contribution in [0.1, 0.15) is 11.3 Å². The summed E-state index contributed by atoms with van der Waals surface area (Å²) in [5.41, 5.74) is 1.86. The quantitative estimate of drug-likeness (QED) is 0.708. The van der Waals surface area contributed by atoms with Gasteiger partial charge in [-0.1, -0.05) is 18.2 Å². The summed E-state index contributed by atoms with van der Waals surface area (Å²) in [5, 5.41) is 0. The molecule has 0 spiro atoms. The van der Waals surface area contributed by atoms with Gasteiger partial charge in [0.2, 0.25) is 0 Å². The standard InChI is InChI=1S/C20H21FN4O/c21-20-6-2-1-4-17(20)12-24-10-16(11-25-15-23-8-18(25)13-24)14-26-19-5-3-7-22-9-19/h1-9,15-16H,10-14H2. The zero-order valence-electron chi connectivity index (χ0n) is 14.5. The normalized spacial score (nSPS) is 17.5. The lowest BCUT2D eigenvalue weighted by molar-refractivity contribution is 0.166. The zero-order valence-corrected chi connectivity index (χ0v) is 14.5. The van der Waals surface area contributed by atoms with Crippen molar-refractivity contribution < 1.29 is 9.13 Å². The predicted octanol–water partition coefficient (Wildman–Crippen LogP) is 3.13. The molecule has 3 heterocycles. The first-order valence-electron chi connectivity index (χ1n) is 8.75. The topological polar surface area (TPSA) is 43.2 Å². The molecule has 26 heavy (non-hydrogen) atoms. The van der Waals surface area contributed by atoms with Crippen molar-refractivity contribution in [2.75, 3.05) is 13.2 Å². The SMILES string of the molecule is Fc1ccccc1CN1Cc2cncn2CC(COc2cccnc2)C1. The van der Waals surface area contributed by atoms with Crippen LogP contribution in [-0.2, 0) is 19.6 Å². The summed E-state index contributed by atoms with van der Waals surface area (Å²) >= 11 is 0. The van der Waals surface area contributed by atoms with Gasteiger partial charge in [-0.2, -0.15) is 0 Å². The molecule has 0 radical (unpaired) electrons. The summed E-state index contributed by atoms with van der Waals surface area (Å²) < 4.78 is 22.2. The number of ether oxygens (including phenoxy) is 1. The maximum atomic E-state index is 14.1. The Morgan fingerprint density at radius 3 is 2.85 bits per heavy atom. The molecule has 0 bridgehead atoms. The van der Waals surface area contributed by atoms with Crippen molar-refractivity contribution in [3.8, 4) is 5.75 Å². The van der Waals surface area contributed by atoms with Crippen LogP contribution >= 0.6 is 0 Å². The number of nitrogens with zero attached hydrogens (tertiary/aromatic N) is 4. The number of hydrogen-bond acceptors (Lipinski definition) is 4. The highest BCUT2D eigenvalue weighted by atomic mass is 19.1. The van der Waals surface area contributed by atoms with E-state index < -0.39 is 0 Å². The Labute approximate surface area is 152 Å². The molecule has 6 heteroatoms. The van der Waals surface area contributed by atoms with Gasteiger partial charge in [-0.3, -0.25) is 9.88 Å². The molecule has 0 aliphatic carbocycles. The van der Waals surface area contributed by atoms with Gasteiger partial charge in [0.05, 0.1) is 24.8 Å². The van der Waals surface area contributed by atoms with Crippen molar-refractivity contribution in [2.45, 2.75) is 19.6 Å². The minimum atomic E-state index is -0.159. The molecule has 0 fully saturated rings. The van der Waals surface area contributed by atoms with Crippen LogP contribution in [0.5, 0.6) is 5.75 Å². The largest absolute Gasteiger partial charge is 0.492 e. The van der Waals surface area contributed by atoms with Gasteiger partial charge in [0.25, 0.3) is 0 Å². The lowest BCUT2D eigenvalue weighted by atomic mass is 10.1. The fraction of sp³-hybridized carbons (Fsp3) is 0.300. The van der Waals surface area contributed by atoms with E-state index in [0.29, 0.717) is 18.7 Å². The first-order valence-corrected chi connectivity index (χ1v) is 8.75. The average Bonchev–Trinajstić information content (AvgIpc) is 3.02. The average molecular weight is 352 g/mol. The van der Waals surface area contributed by atoms with Gasteiger partial charge >= 0.3 is 0 Å². The minimum Gasteiger partial charge on any atom is -0.492 e. The van der Waals surface area contributed by atoms with E-state index in [4.69, 9.17) is 4.74 Å². The summed E-state index contributed by atoms with van der Waals surface area (Å²) in [7, 11) is 0. The van der Waals surface area contributed by atoms with Crippen molar-refractivity contribution in [1.82, 2.24) is 19.4 Å². The number of halogens is 1. The van der Waals surface area contributed by atoms with Gasteiger partial charge in [-0.25, -0.2) is 9.37 Å². The number of fused-ring (bicyclic) bond motifs is 1. The highest BCUT2D eigenvalue weighted by molar-refractivity contribution is 5.18. The lowest BCUT2D eigenvalue weighted by Crippen LogP contribution is -2.31. The molecule has 5 nitrogen and oxygen atoms in total. The number of aromatic nitrogens is 3. The first kappa shape index (κ1) is 16.7. The molecule has 0 N–H and O–H groups in total. The third-order valence-corrected chi connectivity index (χ3v) is 4.63. The smallest absolute Gasteiger partial charge is 0.137 e. The number of rotatable bonds is 5. The van der Waals surface area contributed by atoms with Crippen LogP contribution in [0.15, 0.2) is 61.3 Å². The Balaban J connectivity index is 1.49. The van der Waals surface area contributed by atoms with E-state index in [9.17, 15) is 4.39 Å². The van der Waals surface area contributed by atoms with E-state index in [0.717, 1.165) is 31.1 Å². The molecule has 1 unspecified atom stereocenters. The van der Waals surface area contributed by atoms with Crippen molar-refractivity contribution in [1.29, 1.82) is 0 Å². The summed E-state index contributed by atoms with van der Waals surface area (Å²) in [4.78, 5) is 10.6. The van der Waals surface area contributed by atoms with E-state index in [-0.39, 0.29) is 11.7 Å². The molecule has 1 aliphatic heterocycles. The molecular formula is C20H21FN4O. The molecule has 1 aliphatic rings. The second kappa shape index (κ2) is 7.66. The molecule has 0 saturated heterocycles. The Morgan fingerprint density at radius 2 is 2.00 bits per heavy atom. The molecular weight excluding hydrogens is 331 g/mol. The van der Waals surface area contributed by atoms with Crippen LogP contribution in [0.25, 0.3) is 0 Å². The molecule has 0 saturated carbocycles. The number of hydrogen-bond donors (Lipinski definition) is 0. The van der Waals surface area contributed by atoms with Gasteiger partial charge < -0.3 is 9.30 Å². The first-order chi connectivity index (χ1) is 12.8. The molecule has 1 atom stereocenters. The van der Waals surface area contributed by atoms with Crippen LogP contribution in [0.2, 0.25) is 0 Å². The summed E-state index contributed by atoms with van der Waals surface area (Å²) in [6.45, 7) is 3.57. The minimum absolute atomic E-state index is 0.159. The van der Waals surface area contributed by atoms with Crippen LogP contribution in [0.4, 0.5) is 4.39 Å². The van der Waals surface area contributed by atoms with Gasteiger partial charge in [-0.15, -0.1) is 0 Å². The Kier molecular flexibility index (Phi) is 4.93. The van der Waals surface area contributed by atoms with E-state index in [2.05, 4.69) is 19.4 Å². The van der Waals surface area contributed by atoms with Crippen molar-refractivity contribution in [2.24, 2.45) is 5.92 Å². The Morgan fingerprint density at radius 1 is 1.08 bits per heavy atom. The van der Waals surface area contributed by atoms with Gasteiger partial charge in [0.1, 0.15) is 11.6 Å². The number of imidazole rings is 1. The fourth-order valence-corrected chi connectivity index (χ4v) is 3.38. The fourth-order valence-electron chi connectivity index (χ4n) is 3.38. The molecule has 4 rings (SSSR count). The maximum absolute atomic E-state index is 14.1.